The van der Waals surface area contributed by atoms with E-state index in [-0.39, 0.29) is 5.25 Å². The highest BCUT2D eigenvalue weighted by Crippen LogP contribution is 2.32. The van der Waals surface area contributed by atoms with Gasteiger partial charge in [0.2, 0.25) is 10.0 Å². The third kappa shape index (κ3) is 2.76. The first-order valence-corrected chi connectivity index (χ1v) is 7.75. The molecule has 0 aromatic heterocycles. The predicted molar refractivity (Wildman–Crippen MR) is 64.8 cm³/mol. The first-order valence-electron chi connectivity index (χ1n) is 6.25. The van der Waals surface area contributed by atoms with Gasteiger partial charge in [-0.3, -0.25) is 0 Å². The summed E-state index contributed by atoms with van der Waals surface area (Å²) >= 11 is 0. The van der Waals surface area contributed by atoms with Gasteiger partial charge in [0.05, 0.1) is 5.25 Å². The first kappa shape index (κ1) is 12.3. The van der Waals surface area contributed by atoms with Crippen LogP contribution in [-0.2, 0) is 10.0 Å². The third-order valence-corrected chi connectivity index (χ3v) is 5.62. The number of nitrogens with zero attached hydrogens (tertiary/aromatic N) is 1. The normalized spacial score (nSPS) is 28.6. The van der Waals surface area contributed by atoms with Gasteiger partial charge in [0.25, 0.3) is 0 Å². The molecule has 16 heavy (non-hydrogen) atoms. The molecule has 0 aromatic carbocycles. The van der Waals surface area contributed by atoms with Crippen LogP contribution in [0.25, 0.3) is 0 Å². The lowest BCUT2D eigenvalue weighted by Crippen LogP contribution is -2.50. The molecule has 5 heteroatoms. The molecule has 94 valence electrons. The topological polar surface area (TPSA) is 49.4 Å². The fraction of sp³-hybridized carbons (Fsp3) is 1.00. The Bertz CT molecular complexity index is 336. The van der Waals surface area contributed by atoms with Gasteiger partial charge in [-0.05, 0) is 25.7 Å². The van der Waals surface area contributed by atoms with Crippen LogP contribution < -0.4 is 5.32 Å². The summed E-state index contributed by atoms with van der Waals surface area (Å²) in [7, 11) is -2.96. The fourth-order valence-electron chi connectivity index (χ4n) is 2.36. The zero-order chi connectivity index (χ0) is 11.8. The van der Waals surface area contributed by atoms with Crippen LogP contribution in [-0.4, -0.2) is 43.1 Å². The van der Waals surface area contributed by atoms with Gasteiger partial charge < -0.3 is 5.32 Å². The molecule has 1 heterocycles. The van der Waals surface area contributed by atoms with Crippen LogP contribution in [0.4, 0.5) is 0 Å². The Balaban J connectivity index is 1.96. The second-order valence-corrected chi connectivity index (χ2v) is 7.48. The number of rotatable bonds is 4. The van der Waals surface area contributed by atoms with Crippen LogP contribution in [0.2, 0.25) is 0 Å². The van der Waals surface area contributed by atoms with Gasteiger partial charge in [-0.25, -0.2) is 12.7 Å². The van der Waals surface area contributed by atoms with E-state index in [0.29, 0.717) is 18.6 Å². The third-order valence-electron chi connectivity index (χ3n) is 3.26. The number of nitrogens with one attached hydrogen (secondary N) is 1. The van der Waals surface area contributed by atoms with E-state index in [1.807, 2.05) is 0 Å². The second-order valence-electron chi connectivity index (χ2n) is 5.26. The van der Waals surface area contributed by atoms with Crippen molar-refractivity contribution in [3.05, 3.63) is 0 Å². The van der Waals surface area contributed by atoms with E-state index in [0.717, 1.165) is 32.2 Å². The van der Waals surface area contributed by atoms with Crippen molar-refractivity contribution in [2.45, 2.75) is 56.9 Å². The summed E-state index contributed by atoms with van der Waals surface area (Å²) in [6.07, 6.45) is 3.80. The quantitative estimate of drug-likeness (QED) is 0.803. The van der Waals surface area contributed by atoms with Crippen LogP contribution in [0, 0.1) is 0 Å². The molecular weight excluding hydrogens is 224 g/mol. The van der Waals surface area contributed by atoms with E-state index < -0.39 is 10.0 Å². The average Bonchev–Trinajstić information content (AvgIpc) is 3.00. The predicted octanol–water partition coefficient (Wildman–Crippen LogP) is 0.941. The summed E-state index contributed by atoms with van der Waals surface area (Å²) in [5, 5.41) is 3.37. The Morgan fingerprint density at radius 2 is 1.94 bits per heavy atom. The minimum Gasteiger partial charge on any atom is -0.310 e. The van der Waals surface area contributed by atoms with Crippen molar-refractivity contribution in [3.8, 4) is 0 Å². The van der Waals surface area contributed by atoms with Gasteiger partial charge in [-0.15, -0.1) is 0 Å². The molecule has 2 aliphatic rings. The minimum absolute atomic E-state index is 0.0645. The maximum atomic E-state index is 12.1. The molecular formula is C11H22N2O2S. The van der Waals surface area contributed by atoms with E-state index in [1.54, 1.807) is 4.31 Å². The smallest absolute Gasteiger partial charge is 0.217 e. The summed E-state index contributed by atoms with van der Waals surface area (Å²) in [6, 6.07) is 0.760. The average molecular weight is 246 g/mol. The maximum Gasteiger partial charge on any atom is 0.217 e. The lowest BCUT2D eigenvalue weighted by Gasteiger charge is -2.33. The Morgan fingerprint density at radius 1 is 1.25 bits per heavy atom. The van der Waals surface area contributed by atoms with Crippen LogP contribution in [0.15, 0.2) is 0 Å². The van der Waals surface area contributed by atoms with E-state index in [1.165, 1.54) is 0 Å². The zero-order valence-electron chi connectivity index (χ0n) is 10.1. The Morgan fingerprint density at radius 3 is 2.50 bits per heavy atom. The highest BCUT2D eigenvalue weighted by atomic mass is 32.2. The summed E-state index contributed by atoms with van der Waals surface area (Å²) in [5.41, 5.74) is 0. The van der Waals surface area contributed by atoms with Crippen molar-refractivity contribution in [3.63, 3.8) is 0 Å². The lowest BCUT2D eigenvalue weighted by molar-refractivity contribution is 0.273. The Kier molecular flexibility index (Phi) is 3.56. The molecule has 1 unspecified atom stereocenters. The van der Waals surface area contributed by atoms with Crippen molar-refractivity contribution in [1.82, 2.24) is 9.62 Å². The Hall–Kier alpha value is -0.130. The van der Waals surface area contributed by atoms with E-state index in [9.17, 15) is 8.42 Å². The monoisotopic (exact) mass is 246 g/mol. The second kappa shape index (κ2) is 4.63. The van der Waals surface area contributed by atoms with Crippen LogP contribution in [0.3, 0.4) is 0 Å². The molecule has 0 bridgehead atoms. The van der Waals surface area contributed by atoms with Crippen molar-refractivity contribution in [2.24, 2.45) is 0 Å². The summed E-state index contributed by atoms with van der Waals surface area (Å²) in [4.78, 5) is 0. The van der Waals surface area contributed by atoms with Crippen LogP contribution in [0.5, 0.6) is 0 Å². The molecule has 1 N–H and O–H groups in total. The molecule has 0 spiro atoms. The molecule has 1 saturated heterocycles. The highest BCUT2D eigenvalue weighted by Gasteiger charge is 2.41. The molecule has 1 saturated carbocycles. The number of sulfonamides is 1. The van der Waals surface area contributed by atoms with Crippen molar-refractivity contribution in [1.29, 1.82) is 0 Å². The molecule has 0 radical (unpaired) electrons. The van der Waals surface area contributed by atoms with Gasteiger partial charge in [-0.1, -0.05) is 13.8 Å². The van der Waals surface area contributed by atoms with E-state index in [2.05, 4.69) is 19.2 Å². The molecule has 1 aliphatic heterocycles. The van der Waals surface area contributed by atoms with Crippen LogP contribution in [0.1, 0.15) is 39.5 Å². The molecule has 1 atom stereocenters. The zero-order valence-corrected chi connectivity index (χ0v) is 11.0. The number of hydrogen-bond acceptors (Lipinski definition) is 3. The molecule has 4 nitrogen and oxygen atoms in total. The van der Waals surface area contributed by atoms with Gasteiger partial charge in [0.1, 0.15) is 0 Å². The van der Waals surface area contributed by atoms with Gasteiger partial charge >= 0.3 is 0 Å². The standard InChI is InChI=1S/C11H22N2O2S/c1-9(2)12-10-4-3-7-13(8-10)16(14,15)11-5-6-11/h9-12H,3-8H2,1-2H3. The highest BCUT2D eigenvalue weighted by molar-refractivity contribution is 7.90. The molecule has 2 fully saturated rings. The number of hydrogen-bond donors (Lipinski definition) is 1. The summed E-state index contributed by atoms with van der Waals surface area (Å²) in [6.45, 7) is 5.59. The molecule has 0 aromatic rings. The van der Waals surface area contributed by atoms with Crippen molar-refractivity contribution >= 4 is 10.0 Å². The summed E-state index contributed by atoms with van der Waals surface area (Å²) < 4.78 is 25.9. The molecule has 2 rings (SSSR count). The first-order chi connectivity index (χ1) is 7.50. The fourth-order valence-corrected chi connectivity index (χ4v) is 4.28. The van der Waals surface area contributed by atoms with Gasteiger partial charge in [0.15, 0.2) is 0 Å². The van der Waals surface area contributed by atoms with Crippen molar-refractivity contribution in [2.75, 3.05) is 13.1 Å². The largest absolute Gasteiger partial charge is 0.310 e. The molecule has 1 aliphatic carbocycles. The molecule has 0 amide bonds. The number of piperidine rings is 1. The SMILES string of the molecule is CC(C)NC1CCCN(S(=O)(=O)C2CC2)C1. The van der Waals surface area contributed by atoms with Gasteiger partial charge in [0, 0.05) is 25.2 Å². The Labute approximate surface area is 98.4 Å². The van der Waals surface area contributed by atoms with E-state index >= 15 is 0 Å². The maximum absolute atomic E-state index is 12.1. The van der Waals surface area contributed by atoms with Crippen LogP contribution >= 0.6 is 0 Å². The summed E-state index contributed by atoms with van der Waals surface area (Å²) in [5.74, 6) is 0. The van der Waals surface area contributed by atoms with E-state index in [4.69, 9.17) is 0 Å². The minimum atomic E-state index is -2.96. The van der Waals surface area contributed by atoms with Gasteiger partial charge in [-0.2, -0.15) is 0 Å². The van der Waals surface area contributed by atoms with Crippen molar-refractivity contribution < 1.29 is 8.42 Å². The lowest BCUT2D eigenvalue weighted by atomic mass is 10.1.